The number of carbonyl (C=O) groups excluding carboxylic acids is 4. The van der Waals surface area contributed by atoms with Crippen LogP contribution < -0.4 is 0 Å². The zero-order valence-corrected chi connectivity index (χ0v) is 29.7. The summed E-state index contributed by atoms with van der Waals surface area (Å²) in [5.41, 5.74) is -4.81. The number of unbranched alkanes of at least 4 members (excludes halogenated alkanes) is 6. The SMILES string of the molecule is CCCCCC(=O)OCC1=C[C@H]2[C@@H]3C(C)(C)[C@]3(OC(=O)CCCCC)[C@H](OC(=O)CCCCC)[C@@H](C)[C@]2(O)[C@@H]2C=C(C)C(=O)[C@]2(O)C1. The second kappa shape index (κ2) is 14.5. The minimum atomic E-state index is -1.98. The van der Waals surface area contributed by atoms with Crippen molar-refractivity contribution in [3.05, 3.63) is 23.3 Å². The second-order valence-electron chi connectivity index (χ2n) is 15.2. The van der Waals surface area contributed by atoms with E-state index in [2.05, 4.69) is 20.8 Å². The van der Waals surface area contributed by atoms with Crippen LogP contribution in [0, 0.1) is 29.1 Å². The zero-order chi connectivity index (χ0) is 34.8. The lowest BCUT2D eigenvalue weighted by Gasteiger charge is -2.53. The maximum Gasteiger partial charge on any atom is 0.306 e. The standard InChI is InChI=1S/C38H58O9/c1-8-11-14-17-29(39)45-23-26-21-27-32-35(6,7)38(32,47-31(41)19-16-13-10-3)34(46-30(40)18-15-12-9-2)25(5)37(27,44)28-20-24(4)33(42)36(28,43)22-26/h20-21,25,27-28,32,34,43-44H,8-19,22-23H2,1-7H3/t25-,27+,28-,32-,34-,36+,37-,38-/m1/s1. The Morgan fingerprint density at radius 3 is 1.98 bits per heavy atom. The van der Waals surface area contributed by atoms with Crippen LogP contribution in [0.3, 0.4) is 0 Å². The molecule has 47 heavy (non-hydrogen) atoms. The number of hydrogen-bond acceptors (Lipinski definition) is 9. The Labute approximate surface area is 280 Å². The number of hydrogen-bond donors (Lipinski definition) is 2. The lowest BCUT2D eigenvalue weighted by molar-refractivity contribution is -0.229. The van der Waals surface area contributed by atoms with Crippen molar-refractivity contribution >= 4 is 23.7 Å². The lowest BCUT2D eigenvalue weighted by atomic mass is 9.59. The third kappa shape index (κ3) is 6.60. The third-order valence-corrected chi connectivity index (χ3v) is 11.7. The molecule has 4 aliphatic carbocycles. The van der Waals surface area contributed by atoms with Gasteiger partial charge in [0, 0.05) is 54.8 Å². The Hall–Kier alpha value is -2.52. The number of carbonyl (C=O) groups is 4. The molecule has 2 fully saturated rings. The Balaban J connectivity index is 1.79. The number of ketones is 1. The summed E-state index contributed by atoms with van der Waals surface area (Å²) < 4.78 is 18.4. The highest BCUT2D eigenvalue weighted by molar-refractivity contribution is 6.04. The molecule has 0 unspecified atom stereocenters. The van der Waals surface area contributed by atoms with E-state index in [0.717, 1.165) is 38.5 Å². The molecule has 0 aromatic carbocycles. The van der Waals surface area contributed by atoms with Crippen LogP contribution in [0.25, 0.3) is 0 Å². The molecule has 8 atom stereocenters. The molecule has 4 rings (SSSR count). The number of esters is 3. The smallest absolute Gasteiger partial charge is 0.306 e. The van der Waals surface area contributed by atoms with E-state index in [1.165, 1.54) is 0 Å². The number of fused-ring (bicyclic) bond motifs is 5. The van der Waals surface area contributed by atoms with E-state index in [0.29, 0.717) is 30.4 Å². The molecule has 0 aromatic rings. The number of rotatable bonds is 16. The summed E-state index contributed by atoms with van der Waals surface area (Å²) in [6.45, 7) is 13.4. The van der Waals surface area contributed by atoms with Gasteiger partial charge in [0.15, 0.2) is 11.4 Å². The minimum absolute atomic E-state index is 0.115. The van der Waals surface area contributed by atoms with Gasteiger partial charge in [-0.1, -0.05) is 92.2 Å². The van der Waals surface area contributed by atoms with Gasteiger partial charge < -0.3 is 24.4 Å². The summed E-state index contributed by atoms with van der Waals surface area (Å²) in [4.78, 5) is 53.0. The van der Waals surface area contributed by atoms with Crippen LogP contribution in [0.2, 0.25) is 0 Å². The highest BCUT2D eigenvalue weighted by Crippen LogP contribution is 2.77. The molecule has 0 heterocycles. The van der Waals surface area contributed by atoms with Gasteiger partial charge in [-0.2, -0.15) is 0 Å². The van der Waals surface area contributed by atoms with Gasteiger partial charge in [-0.3, -0.25) is 19.2 Å². The Bertz CT molecular complexity index is 1270. The molecule has 0 bridgehead atoms. The maximum atomic E-state index is 13.6. The molecule has 2 N–H and O–H groups in total. The lowest BCUT2D eigenvalue weighted by Crippen LogP contribution is -2.66. The molecular formula is C38H58O9. The third-order valence-electron chi connectivity index (χ3n) is 11.7. The van der Waals surface area contributed by atoms with Crippen LogP contribution in [0.5, 0.6) is 0 Å². The quantitative estimate of drug-likeness (QED) is 0.0845. The first-order chi connectivity index (χ1) is 22.2. The zero-order valence-electron chi connectivity index (χ0n) is 29.7. The summed E-state index contributed by atoms with van der Waals surface area (Å²) in [7, 11) is 0. The van der Waals surface area contributed by atoms with Crippen LogP contribution in [0.15, 0.2) is 23.3 Å². The van der Waals surface area contributed by atoms with Crippen LogP contribution >= 0.6 is 0 Å². The molecule has 0 aliphatic heterocycles. The van der Waals surface area contributed by atoms with Crippen molar-refractivity contribution in [3.8, 4) is 0 Å². The van der Waals surface area contributed by atoms with Crippen molar-refractivity contribution in [1.82, 2.24) is 0 Å². The van der Waals surface area contributed by atoms with Crippen molar-refractivity contribution < 1.29 is 43.6 Å². The fourth-order valence-electron chi connectivity index (χ4n) is 9.06. The molecule has 9 heteroatoms. The van der Waals surface area contributed by atoms with E-state index < -0.39 is 63.7 Å². The first kappa shape index (κ1) is 37.3. The molecule has 2 saturated carbocycles. The highest BCUT2D eigenvalue weighted by atomic mass is 16.6. The second-order valence-corrected chi connectivity index (χ2v) is 15.2. The van der Waals surface area contributed by atoms with Crippen molar-refractivity contribution in [2.75, 3.05) is 6.61 Å². The monoisotopic (exact) mass is 658 g/mol. The first-order valence-corrected chi connectivity index (χ1v) is 18.1. The van der Waals surface area contributed by atoms with Crippen molar-refractivity contribution in [2.45, 2.75) is 155 Å². The number of aliphatic hydroxyl groups is 2. The average Bonchev–Trinajstić information content (AvgIpc) is 3.44. The van der Waals surface area contributed by atoms with Gasteiger partial charge in [-0.15, -0.1) is 0 Å². The fraction of sp³-hybridized carbons (Fsp3) is 0.789. The van der Waals surface area contributed by atoms with Gasteiger partial charge in [0.25, 0.3) is 0 Å². The fourth-order valence-corrected chi connectivity index (χ4v) is 9.06. The molecule has 0 saturated heterocycles. The van der Waals surface area contributed by atoms with Crippen LogP contribution in [-0.4, -0.2) is 63.4 Å². The van der Waals surface area contributed by atoms with E-state index >= 15 is 0 Å². The molecule has 264 valence electrons. The van der Waals surface area contributed by atoms with E-state index in [4.69, 9.17) is 14.2 Å². The van der Waals surface area contributed by atoms with Crippen LogP contribution in [-0.2, 0) is 33.4 Å². The van der Waals surface area contributed by atoms with Gasteiger partial charge in [0.05, 0.1) is 5.60 Å². The predicted molar refractivity (Wildman–Crippen MR) is 177 cm³/mol. The molecule has 0 spiro atoms. The Kier molecular flexibility index (Phi) is 11.5. The molecular weight excluding hydrogens is 600 g/mol. The number of Topliss-reactive ketones (excluding diaryl/α,β-unsaturated/α-hetero) is 1. The topological polar surface area (TPSA) is 136 Å². The van der Waals surface area contributed by atoms with Gasteiger partial charge in [0.1, 0.15) is 18.3 Å². The molecule has 0 aromatic heterocycles. The normalized spacial score (nSPS) is 35.0. The van der Waals surface area contributed by atoms with Gasteiger partial charge in [-0.05, 0) is 37.3 Å². The Morgan fingerprint density at radius 2 is 1.40 bits per heavy atom. The molecule has 4 aliphatic rings. The van der Waals surface area contributed by atoms with Gasteiger partial charge in [-0.25, -0.2) is 0 Å². The maximum absolute atomic E-state index is 13.6. The Morgan fingerprint density at radius 1 is 0.851 bits per heavy atom. The highest BCUT2D eigenvalue weighted by Gasteiger charge is 2.88. The van der Waals surface area contributed by atoms with E-state index in [1.807, 2.05) is 19.9 Å². The summed E-state index contributed by atoms with van der Waals surface area (Å²) in [6.07, 6.45) is 10.6. The van der Waals surface area contributed by atoms with Gasteiger partial charge in [0.2, 0.25) is 0 Å². The molecule has 0 radical (unpaired) electrons. The van der Waals surface area contributed by atoms with Crippen LogP contribution in [0.4, 0.5) is 0 Å². The number of ether oxygens (including phenoxy) is 3. The summed E-state index contributed by atoms with van der Waals surface area (Å²) in [6, 6.07) is 0. The van der Waals surface area contributed by atoms with Crippen LogP contribution in [0.1, 0.15) is 132 Å². The summed E-state index contributed by atoms with van der Waals surface area (Å²) in [5.74, 6) is -4.69. The van der Waals surface area contributed by atoms with E-state index in [1.54, 1.807) is 19.9 Å². The molecule has 9 nitrogen and oxygen atoms in total. The van der Waals surface area contributed by atoms with Crippen molar-refractivity contribution in [1.29, 1.82) is 0 Å². The largest absolute Gasteiger partial charge is 0.461 e. The minimum Gasteiger partial charge on any atom is -0.461 e. The average molecular weight is 659 g/mol. The summed E-state index contributed by atoms with van der Waals surface area (Å²) in [5, 5.41) is 25.3. The van der Waals surface area contributed by atoms with E-state index in [-0.39, 0.29) is 44.2 Å². The van der Waals surface area contributed by atoms with E-state index in [9.17, 15) is 29.4 Å². The van der Waals surface area contributed by atoms with Gasteiger partial charge >= 0.3 is 17.9 Å². The summed E-state index contributed by atoms with van der Waals surface area (Å²) >= 11 is 0. The first-order valence-electron chi connectivity index (χ1n) is 18.1. The van der Waals surface area contributed by atoms with Crippen molar-refractivity contribution in [2.24, 2.45) is 29.1 Å². The predicted octanol–water partition coefficient (Wildman–Crippen LogP) is 6.32. The molecule has 0 amide bonds. The van der Waals surface area contributed by atoms with Crippen molar-refractivity contribution in [3.63, 3.8) is 0 Å².